The standard InChI is InChI=1S/C19H32N2O/c1-19(2,3)17-15-16(8-9-18(17)22-4)7-5-6-12-21-13-10-20-11-14-21/h8-9,15,20H,5-7,10-14H2,1-4H3. The minimum Gasteiger partial charge on any atom is -0.496 e. The Hall–Kier alpha value is -1.06. The van der Waals surface area contributed by atoms with Crippen molar-refractivity contribution >= 4 is 0 Å². The molecule has 0 radical (unpaired) electrons. The molecule has 2 rings (SSSR count). The lowest BCUT2D eigenvalue weighted by atomic mass is 9.85. The highest BCUT2D eigenvalue weighted by Crippen LogP contribution is 2.32. The van der Waals surface area contributed by atoms with Gasteiger partial charge in [0.1, 0.15) is 5.75 Å². The van der Waals surface area contributed by atoms with E-state index in [1.54, 1.807) is 7.11 Å². The van der Waals surface area contributed by atoms with Crippen LogP contribution in [0, 0.1) is 0 Å². The second-order valence-corrected chi connectivity index (χ2v) is 7.33. The molecule has 1 aromatic rings. The Morgan fingerprint density at radius 2 is 1.86 bits per heavy atom. The SMILES string of the molecule is COc1ccc(CCCCN2CCNCC2)cc1C(C)(C)C. The summed E-state index contributed by atoms with van der Waals surface area (Å²) in [7, 11) is 1.76. The van der Waals surface area contributed by atoms with Gasteiger partial charge in [-0.05, 0) is 48.4 Å². The van der Waals surface area contributed by atoms with Gasteiger partial charge in [0.05, 0.1) is 7.11 Å². The summed E-state index contributed by atoms with van der Waals surface area (Å²) >= 11 is 0. The minimum atomic E-state index is 0.127. The third-order valence-electron chi connectivity index (χ3n) is 4.47. The molecule has 1 heterocycles. The van der Waals surface area contributed by atoms with E-state index in [2.05, 4.69) is 49.2 Å². The molecule has 0 atom stereocenters. The van der Waals surface area contributed by atoms with E-state index in [-0.39, 0.29) is 5.41 Å². The van der Waals surface area contributed by atoms with Gasteiger partial charge in [0, 0.05) is 26.2 Å². The van der Waals surface area contributed by atoms with Crippen LogP contribution in [-0.2, 0) is 11.8 Å². The first-order chi connectivity index (χ1) is 10.5. The predicted octanol–water partition coefficient (Wildman–Crippen LogP) is 3.22. The van der Waals surface area contributed by atoms with Crippen LogP contribution in [0.3, 0.4) is 0 Å². The van der Waals surface area contributed by atoms with Crippen molar-refractivity contribution in [3.05, 3.63) is 29.3 Å². The summed E-state index contributed by atoms with van der Waals surface area (Å²) in [6.07, 6.45) is 3.72. The van der Waals surface area contributed by atoms with Crippen molar-refractivity contribution in [2.24, 2.45) is 0 Å². The van der Waals surface area contributed by atoms with Gasteiger partial charge in [-0.2, -0.15) is 0 Å². The molecule has 1 aliphatic heterocycles. The quantitative estimate of drug-likeness (QED) is 0.817. The lowest BCUT2D eigenvalue weighted by Gasteiger charge is -2.27. The van der Waals surface area contributed by atoms with Gasteiger partial charge >= 0.3 is 0 Å². The van der Waals surface area contributed by atoms with E-state index in [0.717, 1.165) is 18.8 Å². The average Bonchev–Trinajstić information content (AvgIpc) is 2.51. The summed E-state index contributed by atoms with van der Waals surface area (Å²) in [6, 6.07) is 6.69. The first-order valence-corrected chi connectivity index (χ1v) is 8.61. The lowest BCUT2D eigenvalue weighted by molar-refractivity contribution is 0.237. The molecule has 1 N–H and O–H groups in total. The number of methoxy groups -OCH3 is 1. The van der Waals surface area contributed by atoms with Crippen LogP contribution >= 0.6 is 0 Å². The Bertz CT molecular complexity index is 459. The average molecular weight is 304 g/mol. The molecule has 3 nitrogen and oxygen atoms in total. The Morgan fingerprint density at radius 1 is 1.14 bits per heavy atom. The summed E-state index contributed by atoms with van der Waals surface area (Å²) in [5.74, 6) is 1.01. The van der Waals surface area contributed by atoms with E-state index in [1.165, 1.54) is 50.0 Å². The monoisotopic (exact) mass is 304 g/mol. The molecule has 124 valence electrons. The van der Waals surface area contributed by atoms with Gasteiger partial charge in [-0.15, -0.1) is 0 Å². The molecule has 22 heavy (non-hydrogen) atoms. The van der Waals surface area contributed by atoms with Gasteiger partial charge in [-0.25, -0.2) is 0 Å². The van der Waals surface area contributed by atoms with E-state index in [1.807, 2.05) is 0 Å². The lowest BCUT2D eigenvalue weighted by Crippen LogP contribution is -2.43. The molecule has 0 bridgehead atoms. The Morgan fingerprint density at radius 3 is 2.50 bits per heavy atom. The van der Waals surface area contributed by atoms with Crippen LogP contribution in [0.1, 0.15) is 44.7 Å². The minimum absolute atomic E-state index is 0.127. The maximum atomic E-state index is 5.52. The molecule has 0 aromatic heterocycles. The number of piperazine rings is 1. The van der Waals surface area contributed by atoms with E-state index in [4.69, 9.17) is 4.74 Å². The fraction of sp³-hybridized carbons (Fsp3) is 0.684. The molecule has 0 saturated carbocycles. The number of ether oxygens (including phenoxy) is 1. The number of benzene rings is 1. The van der Waals surface area contributed by atoms with Gasteiger partial charge in [0.25, 0.3) is 0 Å². The Kier molecular flexibility index (Phi) is 6.27. The first-order valence-electron chi connectivity index (χ1n) is 8.61. The van der Waals surface area contributed by atoms with Gasteiger partial charge in [-0.1, -0.05) is 32.9 Å². The maximum Gasteiger partial charge on any atom is 0.122 e. The third-order valence-corrected chi connectivity index (χ3v) is 4.47. The highest BCUT2D eigenvalue weighted by molar-refractivity contribution is 5.41. The summed E-state index contributed by atoms with van der Waals surface area (Å²) < 4.78 is 5.52. The Labute approximate surface area is 136 Å². The van der Waals surface area contributed by atoms with E-state index >= 15 is 0 Å². The van der Waals surface area contributed by atoms with Gasteiger partial charge in [0.15, 0.2) is 0 Å². The fourth-order valence-corrected chi connectivity index (χ4v) is 3.10. The largest absolute Gasteiger partial charge is 0.496 e. The van der Waals surface area contributed by atoms with E-state index in [0.29, 0.717) is 0 Å². The maximum absolute atomic E-state index is 5.52. The molecular weight excluding hydrogens is 272 g/mol. The van der Waals surface area contributed by atoms with Crippen LogP contribution in [0.25, 0.3) is 0 Å². The van der Waals surface area contributed by atoms with Crippen molar-refractivity contribution in [2.45, 2.75) is 45.4 Å². The summed E-state index contributed by atoms with van der Waals surface area (Å²) in [6.45, 7) is 12.7. The molecular formula is C19H32N2O. The molecule has 0 amide bonds. The van der Waals surface area contributed by atoms with Crippen molar-refractivity contribution < 1.29 is 4.74 Å². The fourth-order valence-electron chi connectivity index (χ4n) is 3.10. The molecule has 1 saturated heterocycles. The first kappa shape index (κ1) is 17.3. The zero-order chi connectivity index (χ0) is 16.0. The normalized spacial score (nSPS) is 16.7. The number of rotatable bonds is 6. The molecule has 0 unspecified atom stereocenters. The summed E-state index contributed by atoms with van der Waals surface area (Å²) in [4.78, 5) is 2.57. The zero-order valence-electron chi connectivity index (χ0n) is 14.7. The van der Waals surface area contributed by atoms with Crippen molar-refractivity contribution in [1.29, 1.82) is 0 Å². The number of nitrogens with one attached hydrogen (secondary N) is 1. The molecule has 3 heteroatoms. The van der Waals surface area contributed by atoms with Crippen LogP contribution in [-0.4, -0.2) is 44.7 Å². The van der Waals surface area contributed by atoms with Crippen molar-refractivity contribution in [1.82, 2.24) is 10.2 Å². The molecule has 1 aliphatic rings. The smallest absolute Gasteiger partial charge is 0.122 e. The van der Waals surface area contributed by atoms with Crippen LogP contribution in [0.2, 0.25) is 0 Å². The third kappa shape index (κ3) is 4.99. The van der Waals surface area contributed by atoms with Gasteiger partial charge < -0.3 is 15.0 Å². The summed E-state index contributed by atoms with van der Waals surface area (Å²) in [5.41, 5.74) is 2.88. The van der Waals surface area contributed by atoms with E-state index < -0.39 is 0 Å². The predicted molar refractivity (Wildman–Crippen MR) is 93.9 cm³/mol. The number of unbranched alkanes of at least 4 members (excludes halogenated alkanes) is 1. The molecule has 1 fully saturated rings. The van der Waals surface area contributed by atoms with Gasteiger partial charge in [-0.3, -0.25) is 0 Å². The van der Waals surface area contributed by atoms with E-state index in [9.17, 15) is 0 Å². The zero-order valence-corrected chi connectivity index (χ0v) is 14.7. The van der Waals surface area contributed by atoms with Crippen LogP contribution in [0.4, 0.5) is 0 Å². The molecule has 0 aliphatic carbocycles. The van der Waals surface area contributed by atoms with Crippen molar-refractivity contribution in [3.8, 4) is 5.75 Å². The van der Waals surface area contributed by atoms with Crippen molar-refractivity contribution in [3.63, 3.8) is 0 Å². The number of hydrogen-bond acceptors (Lipinski definition) is 3. The van der Waals surface area contributed by atoms with Crippen molar-refractivity contribution in [2.75, 3.05) is 39.8 Å². The second kappa shape index (κ2) is 7.98. The topological polar surface area (TPSA) is 24.5 Å². The number of hydrogen-bond donors (Lipinski definition) is 1. The van der Waals surface area contributed by atoms with Crippen LogP contribution in [0.15, 0.2) is 18.2 Å². The van der Waals surface area contributed by atoms with Crippen LogP contribution < -0.4 is 10.1 Å². The Balaban J connectivity index is 1.84. The molecule has 1 aromatic carbocycles. The van der Waals surface area contributed by atoms with Gasteiger partial charge in [0.2, 0.25) is 0 Å². The highest BCUT2D eigenvalue weighted by atomic mass is 16.5. The molecule has 0 spiro atoms. The highest BCUT2D eigenvalue weighted by Gasteiger charge is 2.19. The second-order valence-electron chi connectivity index (χ2n) is 7.33. The number of nitrogens with zero attached hydrogens (tertiary/aromatic N) is 1. The number of aryl methyl sites for hydroxylation is 1. The van der Waals surface area contributed by atoms with Crippen LogP contribution in [0.5, 0.6) is 5.75 Å². The summed E-state index contributed by atoms with van der Waals surface area (Å²) in [5, 5.41) is 3.41.